The average molecular weight is 419 g/mol. The third-order valence-electron chi connectivity index (χ3n) is 4.95. The van der Waals surface area contributed by atoms with Gasteiger partial charge in [0.1, 0.15) is 0 Å². The SMILES string of the molecule is COc1cc(-c2cc(OC)c(OC)cc2[Si](C)(C)C)c([Si](C)(C)C)cc1OC. The minimum absolute atomic E-state index is 0.746. The third kappa shape index (κ3) is 4.38. The quantitative estimate of drug-likeness (QED) is 0.621. The minimum atomic E-state index is -1.67. The fourth-order valence-corrected chi connectivity index (χ4v) is 6.60. The van der Waals surface area contributed by atoms with E-state index in [2.05, 4.69) is 63.5 Å². The van der Waals surface area contributed by atoms with Gasteiger partial charge in [0.25, 0.3) is 0 Å². The molecule has 28 heavy (non-hydrogen) atoms. The van der Waals surface area contributed by atoms with E-state index in [4.69, 9.17) is 18.9 Å². The van der Waals surface area contributed by atoms with Crippen molar-refractivity contribution in [3.63, 3.8) is 0 Å². The molecule has 0 saturated heterocycles. The number of rotatable bonds is 7. The van der Waals surface area contributed by atoms with E-state index in [1.807, 2.05) is 0 Å². The van der Waals surface area contributed by atoms with Crippen LogP contribution in [0.25, 0.3) is 11.1 Å². The molecule has 4 nitrogen and oxygen atoms in total. The van der Waals surface area contributed by atoms with Gasteiger partial charge in [-0.3, -0.25) is 0 Å². The maximum atomic E-state index is 5.64. The van der Waals surface area contributed by atoms with Crippen LogP contribution in [-0.4, -0.2) is 44.6 Å². The Morgan fingerprint density at radius 2 is 0.714 bits per heavy atom. The lowest BCUT2D eigenvalue weighted by atomic mass is 10.0. The highest BCUT2D eigenvalue weighted by molar-refractivity contribution is 6.91. The first-order valence-electron chi connectivity index (χ1n) is 9.51. The van der Waals surface area contributed by atoms with Crippen LogP contribution in [-0.2, 0) is 0 Å². The summed E-state index contributed by atoms with van der Waals surface area (Å²) in [7, 11) is 3.41. The maximum Gasteiger partial charge on any atom is 0.161 e. The van der Waals surface area contributed by atoms with Crippen molar-refractivity contribution in [3.05, 3.63) is 24.3 Å². The molecule has 2 rings (SSSR count). The molecule has 0 radical (unpaired) electrons. The molecule has 6 heteroatoms. The van der Waals surface area contributed by atoms with Gasteiger partial charge in [0, 0.05) is 0 Å². The molecule has 0 unspecified atom stereocenters. The van der Waals surface area contributed by atoms with Crippen LogP contribution in [0.4, 0.5) is 0 Å². The van der Waals surface area contributed by atoms with E-state index in [9.17, 15) is 0 Å². The second-order valence-corrected chi connectivity index (χ2v) is 19.1. The monoisotopic (exact) mass is 418 g/mol. The van der Waals surface area contributed by atoms with Crippen molar-refractivity contribution < 1.29 is 18.9 Å². The molecule has 0 aliphatic heterocycles. The molecular weight excluding hydrogens is 384 g/mol. The zero-order valence-corrected chi connectivity index (χ0v) is 20.9. The van der Waals surface area contributed by atoms with Crippen LogP contribution in [0.2, 0.25) is 39.3 Å². The summed E-state index contributed by atoms with van der Waals surface area (Å²) in [5.41, 5.74) is 2.41. The van der Waals surface area contributed by atoms with Crippen molar-refractivity contribution in [1.29, 1.82) is 0 Å². The highest BCUT2D eigenvalue weighted by atomic mass is 28.3. The molecule has 0 aliphatic carbocycles. The van der Waals surface area contributed by atoms with Gasteiger partial charge in [-0.1, -0.05) is 39.3 Å². The topological polar surface area (TPSA) is 36.9 Å². The third-order valence-corrected chi connectivity index (χ3v) is 9.01. The highest BCUT2D eigenvalue weighted by Gasteiger charge is 2.29. The smallest absolute Gasteiger partial charge is 0.161 e. The maximum absolute atomic E-state index is 5.64. The van der Waals surface area contributed by atoms with Crippen molar-refractivity contribution in [3.8, 4) is 34.1 Å². The lowest BCUT2D eigenvalue weighted by Crippen LogP contribution is -2.43. The zero-order chi connectivity index (χ0) is 21.3. The van der Waals surface area contributed by atoms with Crippen LogP contribution in [0.3, 0.4) is 0 Å². The summed E-state index contributed by atoms with van der Waals surface area (Å²) in [6.07, 6.45) is 0. The van der Waals surface area contributed by atoms with Crippen LogP contribution in [0.15, 0.2) is 24.3 Å². The Morgan fingerprint density at radius 1 is 0.464 bits per heavy atom. The predicted molar refractivity (Wildman–Crippen MR) is 124 cm³/mol. The van der Waals surface area contributed by atoms with E-state index in [-0.39, 0.29) is 0 Å². The molecule has 0 amide bonds. The summed E-state index contributed by atoms with van der Waals surface area (Å²) in [4.78, 5) is 0. The number of hydrogen-bond donors (Lipinski definition) is 0. The van der Waals surface area contributed by atoms with E-state index in [1.54, 1.807) is 28.4 Å². The molecule has 0 fully saturated rings. The van der Waals surface area contributed by atoms with Crippen molar-refractivity contribution in [2.45, 2.75) is 39.3 Å². The molecule has 0 saturated carbocycles. The van der Waals surface area contributed by atoms with Crippen LogP contribution < -0.4 is 29.3 Å². The summed E-state index contributed by atoms with van der Waals surface area (Å²) in [6.45, 7) is 14.1. The van der Waals surface area contributed by atoms with Gasteiger partial charge in [0.05, 0.1) is 44.6 Å². The van der Waals surface area contributed by atoms with Gasteiger partial charge in [-0.15, -0.1) is 0 Å². The Kier molecular flexibility index (Phi) is 6.56. The van der Waals surface area contributed by atoms with Gasteiger partial charge < -0.3 is 18.9 Å². The molecular formula is C22H34O4Si2. The first-order chi connectivity index (χ1) is 13.0. The van der Waals surface area contributed by atoms with Gasteiger partial charge in [-0.2, -0.15) is 0 Å². The molecule has 0 aliphatic rings. The Morgan fingerprint density at radius 3 is 0.929 bits per heavy atom. The average Bonchev–Trinajstić information content (AvgIpc) is 2.64. The molecule has 2 aromatic carbocycles. The lowest BCUT2D eigenvalue weighted by molar-refractivity contribution is 0.355. The molecule has 154 valence electrons. The van der Waals surface area contributed by atoms with Crippen LogP contribution in [0.1, 0.15) is 0 Å². The molecule has 0 N–H and O–H groups in total. The van der Waals surface area contributed by atoms with Crippen LogP contribution in [0.5, 0.6) is 23.0 Å². The minimum Gasteiger partial charge on any atom is -0.493 e. The van der Waals surface area contributed by atoms with Crippen molar-refractivity contribution in [2.75, 3.05) is 28.4 Å². The Hall–Kier alpha value is -1.93. The standard InChI is InChI=1S/C22H34O4Si2/c1-23-17-11-15(21(27(5,6)7)13-19(17)25-3)16-12-18(24-2)20(26-4)14-22(16)28(8,9)10/h11-14H,1-10H3. The zero-order valence-electron chi connectivity index (χ0n) is 18.9. The van der Waals surface area contributed by atoms with Gasteiger partial charge >= 0.3 is 0 Å². The van der Waals surface area contributed by atoms with E-state index >= 15 is 0 Å². The Balaban J connectivity index is 2.97. The van der Waals surface area contributed by atoms with E-state index in [0.717, 1.165) is 23.0 Å². The molecule has 0 bridgehead atoms. The van der Waals surface area contributed by atoms with Crippen molar-refractivity contribution in [1.82, 2.24) is 0 Å². The van der Waals surface area contributed by atoms with Gasteiger partial charge in [-0.25, -0.2) is 0 Å². The second kappa shape index (κ2) is 8.21. The van der Waals surface area contributed by atoms with Gasteiger partial charge in [-0.05, 0) is 45.8 Å². The summed E-state index contributed by atoms with van der Waals surface area (Å²) >= 11 is 0. The molecule has 0 spiro atoms. The summed E-state index contributed by atoms with van der Waals surface area (Å²) < 4.78 is 22.5. The van der Waals surface area contributed by atoms with Gasteiger partial charge in [0.2, 0.25) is 0 Å². The normalized spacial score (nSPS) is 11.9. The first-order valence-corrected chi connectivity index (χ1v) is 16.5. The fourth-order valence-electron chi connectivity index (χ4n) is 3.44. The van der Waals surface area contributed by atoms with Crippen LogP contribution in [0, 0.1) is 0 Å². The summed E-state index contributed by atoms with van der Waals surface area (Å²) in [5.74, 6) is 3.05. The Bertz CT molecular complexity index is 778. The van der Waals surface area contributed by atoms with E-state index in [0.29, 0.717) is 0 Å². The number of hydrogen-bond acceptors (Lipinski definition) is 4. The van der Waals surface area contributed by atoms with Crippen molar-refractivity contribution >= 4 is 26.5 Å². The van der Waals surface area contributed by atoms with E-state index < -0.39 is 16.1 Å². The summed E-state index contributed by atoms with van der Waals surface area (Å²) in [5, 5.41) is 2.69. The number of methoxy groups -OCH3 is 4. The molecule has 0 atom stereocenters. The lowest BCUT2D eigenvalue weighted by Gasteiger charge is -2.28. The first kappa shape index (κ1) is 22.4. The van der Waals surface area contributed by atoms with Crippen molar-refractivity contribution in [2.24, 2.45) is 0 Å². The van der Waals surface area contributed by atoms with E-state index in [1.165, 1.54) is 21.5 Å². The number of ether oxygens (including phenoxy) is 4. The summed E-state index contributed by atoms with van der Waals surface area (Å²) in [6, 6.07) is 8.56. The fraction of sp³-hybridized carbons (Fsp3) is 0.455. The second-order valence-electron chi connectivity index (χ2n) is 9.01. The largest absolute Gasteiger partial charge is 0.493 e. The highest BCUT2D eigenvalue weighted by Crippen LogP contribution is 2.37. The molecule has 2 aromatic rings. The molecule has 0 heterocycles. The predicted octanol–water partition coefficient (Wildman–Crippen LogP) is 4.48. The van der Waals surface area contributed by atoms with Gasteiger partial charge in [0.15, 0.2) is 23.0 Å². The number of benzene rings is 2. The van der Waals surface area contributed by atoms with Crippen LogP contribution >= 0.6 is 0 Å². The molecule has 0 aromatic heterocycles. The Labute approximate surface area is 171 Å².